The van der Waals surface area contributed by atoms with E-state index in [1.807, 2.05) is 43.3 Å². The summed E-state index contributed by atoms with van der Waals surface area (Å²) in [5.74, 6) is -0.209. The molecule has 5 N–H and O–H groups in total. The van der Waals surface area contributed by atoms with Gasteiger partial charge in [-0.05, 0) is 74.7 Å². The van der Waals surface area contributed by atoms with E-state index in [9.17, 15) is 14.4 Å². The number of amides is 3. The van der Waals surface area contributed by atoms with Gasteiger partial charge in [-0.15, -0.1) is 11.8 Å². The van der Waals surface area contributed by atoms with Gasteiger partial charge in [-0.3, -0.25) is 14.4 Å². The number of thioether (sulfide) groups is 1. The third-order valence-corrected chi connectivity index (χ3v) is 9.36. The van der Waals surface area contributed by atoms with Crippen LogP contribution in [-0.4, -0.2) is 83.5 Å². The van der Waals surface area contributed by atoms with E-state index in [2.05, 4.69) is 53.8 Å². The Balaban J connectivity index is 1.43. The number of carbonyl (C=O) groups is 3. The molecule has 9 nitrogen and oxygen atoms in total. The molecular weight excluding hydrogens is 560 g/mol. The van der Waals surface area contributed by atoms with Crippen LogP contribution >= 0.6 is 11.8 Å². The Hall–Kier alpha value is -3.08. The summed E-state index contributed by atoms with van der Waals surface area (Å²) in [6.07, 6.45) is 4.20. The van der Waals surface area contributed by atoms with Crippen LogP contribution in [0.5, 0.6) is 0 Å². The zero-order valence-electron chi connectivity index (χ0n) is 26.2. The van der Waals surface area contributed by atoms with Gasteiger partial charge < -0.3 is 31.5 Å². The molecule has 1 unspecified atom stereocenters. The van der Waals surface area contributed by atoms with Crippen LogP contribution in [0.3, 0.4) is 0 Å². The zero-order chi connectivity index (χ0) is 31.2. The number of hydrogen-bond donors (Lipinski definition) is 4. The Bertz CT molecular complexity index is 1160. The summed E-state index contributed by atoms with van der Waals surface area (Å²) < 4.78 is 0. The lowest BCUT2D eigenvalue weighted by molar-refractivity contribution is -0.130. The van der Waals surface area contributed by atoms with E-state index in [1.54, 1.807) is 4.90 Å². The van der Waals surface area contributed by atoms with Crippen molar-refractivity contribution in [2.24, 2.45) is 5.73 Å². The first-order valence-electron chi connectivity index (χ1n) is 15.7. The van der Waals surface area contributed by atoms with E-state index in [-0.39, 0.29) is 23.0 Å². The van der Waals surface area contributed by atoms with Crippen LogP contribution in [0.1, 0.15) is 58.1 Å². The van der Waals surface area contributed by atoms with Crippen LogP contribution in [0.4, 0.5) is 11.4 Å². The maximum atomic E-state index is 13.2. The minimum Gasteiger partial charge on any atom is -0.383 e. The van der Waals surface area contributed by atoms with Crippen LogP contribution in [-0.2, 0) is 27.2 Å². The number of hydrogen-bond acceptors (Lipinski definition) is 7. The molecule has 1 aliphatic heterocycles. The van der Waals surface area contributed by atoms with Gasteiger partial charge in [-0.2, -0.15) is 0 Å². The van der Waals surface area contributed by atoms with Gasteiger partial charge in [0.2, 0.25) is 17.7 Å². The monoisotopic (exact) mass is 610 g/mol. The number of nitrogens with two attached hydrogens (primary N) is 1. The second-order valence-electron chi connectivity index (χ2n) is 10.9. The summed E-state index contributed by atoms with van der Waals surface area (Å²) in [6, 6.07) is 15.1. The summed E-state index contributed by atoms with van der Waals surface area (Å²) in [5, 5.41) is 8.52. The first kappa shape index (κ1) is 34.4. The van der Waals surface area contributed by atoms with E-state index < -0.39 is 11.4 Å². The van der Waals surface area contributed by atoms with Gasteiger partial charge in [-0.1, -0.05) is 51.5 Å². The highest BCUT2D eigenvalue weighted by Crippen LogP contribution is 2.33. The number of benzene rings is 2. The number of rotatable bonds is 18. The maximum absolute atomic E-state index is 13.2. The maximum Gasteiger partial charge on any atom is 0.244 e. The summed E-state index contributed by atoms with van der Waals surface area (Å²) >= 11 is 1.44. The molecular formula is C33H50N6O3S. The molecule has 2 aromatic rings. The molecule has 3 rings (SSSR count). The topological polar surface area (TPSA) is 120 Å². The van der Waals surface area contributed by atoms with Gasteiger partial charge in [-0.25, -0.2) is 0 Å². The largest absolute Gasteiger partial charge is 0.383 e. The number of nitrogens with one attached hydrogen (secondary N) is 3. The fraction of sp³-hybridized carbons (Fsp3) is 0.545. The Labute approximate surface area is 261 Å². The highest BCUT2D eigenvalue weighted by atomic mass is 32.2. The summed E-state index contributed by atoms with van der Waals surface area (Å²) in [6.45, 7) is 12.8. The fourth-order valence-corrected chi connectivity index (χ4v) is 6.65. The molecule has 1 heterocycles. The lowest BCUT2D eigenvalue weighted by Crippen LogP contribution is -2.50. The first-order valence-corrected chi connectivity index (χ1v) is 16.7. The van der Waals surface area contributed by atoms with Gasteiger partial charge in [0, 0.05) is 44.0 Å². The Morgan fingerprint density at radius 2 is 1.58 bits per heavy atom. The molecule has 0 radical (unpaired) electrons. The molecule has 0 aromatic heterocycles. The summed E-state index contributed by atoms with van der Waals surface area (Å²) in [4.78, 5) is 42.3. The number of nitrogens with zero attached hydrogens (tertiary/aromatic N) is 2. The normalized spacial score (nSPS) is 17.3. The van der Waals surface area contributed by atoms with Crippen LogP contribution in [0, 0.1) is 0 Å². The number of anilines is 2. The van der Waals surface area contributed by atoms with Gasteiger partial charge in [0.05, 0.1) is 0 Å². The molecule has 3 atom stereocenters. The first-order chi connectivity index (χ1) is 20.8. The average molecular weight is 611 g/mol. The van der Waals surface area contributed by atoms with Gasteiger partial charge in [0.25, 0.3) is 0 Å². The molecule has 10 heteroatoms. The lowest BCUT2D eigenvalue weighted by Gasteiger charge is -2.26. The number of carbonyl (C=O) groups excluding carboxylic acids is 3. The molecule has 0 spiro atoms. The van der Waals surface area contributed by atoms with Gasteiger partial charge in [0.1, 0.15) is 16.7 Å². The van der Waals surface area contributed by atoms with Crippen LogP contribution in [0.2, 0.25) is 0 Å². The van der Waals surface area contributed by atoms with E-state index in [1.165, 1.54) is 22.9 Å². The highest BCUT2D eigenvalue weighted by Gasteiger charge is 2.44. The predicted molar refractivity (Wildman–Crippen MR) is 178 cm³/mol. The minimum absolute atomic E-state index is 0.0100. The van der Waals surface area contributed by atoms with E-state index in [4.69, 9.17) is 5.73 Å². The van der Waals surface area contributed by atoms with Crippen LogP contribution < -0.4 is 21.7 Å². The molecule has 0 bridgehead atoms. The molecule has 1 saturated heterocycles. The molecule has 43 heavy (non-hydrogen) atoms. The van der Waals surface area contributed by atoms with Crippen LogP contribution in [0.15, 0.2) is 48.5 Å². The SMILES string of the molecule is CCCc1ccc(NC(=O)[C@@H](N)C2S[C@H](CNc3ccc(CCCC(=O)NCCN(CC)CC)cc3)C(=O)N2CC)cc1. The van der Waals surface area contributed by atoms with E-state index in [0.29, 0.717) is 31.7 Å². The summed E-state index contributed by atoms with van der Waals surface area (Å²) in [7, 11) is 0. The smallest absolute Gasteiger partial charge is 0.244 e. The number of likely N-dealkylation sites (N-methyl/N-ethyl adjacent to an activating group) is 2. The fourth-order valence-electron chi connectivity index (χ4n) is 5.19. The van der Waals surface area contributed by atoms with Crippen molar-refractivity contribution in [3.8, 4) is 0 Å². The molecule has 0 aliphatic carbocycles. The van der Waals surface area contributed by atoms with E-state index in [0.717, 1.165) is 51.0 Å². The third kappa shape index (κ3) is 10.5. The molecule has 236 valence electrons. The second kappa shape index (κ2) is 17.9. The molecule has 1 fully saturated rings. The highest BCUT2D eigenvalue weighted by molar-refractivity contribution is 8.01. The standard InChI is InChI=1S/C33H50N6O3S/c1-5-10-24-15-19-27(20-16-24)37-31(41)30(34)33-39(8-4)32(42)28(43-33)23-36-26-17-13-25(14-18-26)11-9-12-29(40)35-21-22-38(6-2)7-3/h13-20,28,30,33,36H,5-12,21-23,34H2,1-4H3,(H,35,40)(H,37,41)/t28-,30-,33?/m1/s1. The molecule has 0 saturated carbocycles. The minimum atomic E-state index is -0.849. The van der Waals surface area contributed by atoms with Crippen molar-refractivity contribution in [2.45, 2.75) is 76.5 Å². The molecule has 3 amide bonds. The second-order valence-corrected chi connectivity index (χ2v) is 12.2. The van der Waals surface area contributed by atoms with Crippen molar-refractivity contribution in [3.63, 3.8) is 0 Å². The van der Waals surface area contributed by atoms with Crippen LogP contribution in [0.25, 0.3) is 0 Å². The third-order valence-electron chi connectivity index (χ3n) is 7.84. The van der Waals surface area contributed by atoms with Crippen molar-refractivity contribution in [1.82, 2.24) is 15.1 Å². The van der Waals surface area contributed by atoms with Crippen molar-refractivity contribution in [2.75, 3.05) is 49.9 Å². The van der Waals surface area contributed by atoms with Crippen molar-refractivity contribution < 1.29 is 14.4 Å². The van der Waals surface area contributed by atoms with Crippen molar-refractivity contribution in [1.29, 1.82) is 0 Å². The predicted octanol–water partition coefficient (Wildman–Crippen LogP) is 4.09. The average Bonchev–Trinajstić information content (AvgIpc) is 3.34. The van der Waals surface area contributed by atoms with E-state index >= 15 is 0 Å². The quantitative estimate of drug-likeness (QED) is 0.201. The molecule has 2 aromatic carbocycles. The Morgan fingerprint density at radius 3 is 2.19 bits per heavy atom. The zero-order valence-corrected chi connectivity index (χ0v) is 27.1. The van der Waals surface area contributed by atoms with Crippen molar-refractivity contribution >= 4 is 40.9 Å². The van der Waals surface area contributed by atoms with Gasteiger partial charge >= 0.3 is 0 Å². The number of aryl methyl sites for hydroxylation is 2. The van der Waals surface area contributed by atoms with Gasteiger partial charge in [0.15, 0.2) is 0 Å². The Kier molecular flexibility index (Phi) is 14.3. The van der Waals surface area contributed by atoms with Crippen molar-refractivity contribution in [3.05, 3.63) is 59.7 Å². The lowest BCUT2D eigenvalue weighted by atomic mass is 10.1. The molecule has 1 aliphatic rings. The Morgan fingerprint density at radius 1 is 0.953 bits per heavy atom. The summed E-state index contributed by atoms with van der Waals surface area (Å²) in [5.41, 5.74) is 10.4.